The van der Waals surface area contributed by atoms with Gasteiger partial charge in [0.2, 0.25) is 0 Å². The monoisotopic (exact) mass is 342 g/mol. The van der Waals surface area contributed by atoms with Crippen molar-refractivity contribution in [3.05, 3.63) is 42.0 Å². The van der Waals surface area contributed by atoms with Crippen molar-refractivity contribution in [1.82, 2.24) is 10.6 Å². The fourth-order valence-corrected chi connectivity index (χ4v) is 3.64. The molecule has 2 atom stereocenters. The van der Waals surface area contributed by atoms with Gasteiger partial charge in [-0.05, 0) is 38.3 Å². The van der Waals surface area contributed by atoms with E-state index in [9.17, 15) is 0 Å². The minimum atomic E-state index is 0.420. The van der Waals surface area contributed by atoms with Crippen molar-refractivity contribution >= 4 is 11.6 Å². The molecule has 5 heteroatoms. The highest BCUT2D eigenvalue weighted by atomic mass is 16.5. The number of nitrogens with one attached hydrogen (secondary N) is 2. The van der Waals surface area contributed by atoms with Gasteiger partial charge in [0, 0.05) is 37.9 Å². The van der Waals surface area contributed by atoms with Crippen LogP contribution in [0.3, 0.4) is 0 Å². The first-order valence-corrected chi connectivity index (χ1v) is 9.31. The molecule has 1 saturated heterocycles. The van der Waals surface area contributed by atoms with E-state index >= 15 is 0 Å². The molecular weight excluding hydrogens is 312 g/mol. The van der Waals surface area contributed by atoms with E-state index in [-0.39, 0.29) is 0 Å². The molecule has 0 amide bonds. The third-order valence-electron chi connectivity index (χ3n) is 5.02. The van der Waals surface area contributed by atoms with Crippen LogP contribution in [0.1, 0.15) is 26.2 Å². The molecule has 1 aromatic carbocycles. The maximum atomic E-state index is 5.36. The average molecular weight is 342 g/mol. The Hall–Kier alpha value is -2.01. The lowest BCUT2D eigenvalue weighted by molar-refractivity contribution is 0.153. The number of guanidine groups is 1. The molecule has 0 unspecified atom stereocenters. The van der Waals surface area contributed by atoms with Gasteiger partial charge in [0.05, 0.1) is 13.2 Å². The van der Waals surface area contributed by atoms with Crippen molar-refractivity contribution < 1.29 is 4.74 Å². The summed E-state index contributed by atoms with van der Waals surface area (Å²) in [5.41, 5.74) is 2.78. The van der Waals surface area contributed by atoms with Crippen LogP contribution in [0.2, 0.25) is 0 Å². The Labute approximate surface area is 151 Å². The summed E-state index contributed by atoms with van der Waals surface area (Å²) in [6, 6.07) is 11.6. The minimum Gasteiger partial charge on any atom is -0.377 e. The van der Waals surface area contributed by atoms with Crippen LogP contribution in [-0.4, -0.2) is 51.4 Å². The van der Waals surface area contributed by atoms with Crippen molar-refractivity contribution in [3.63, 3.8) is 0 Å². The van der Waals surface area contributed by atoms with Crippen LogP contribution in [-0.2, 0) is 4.74 Å². The summed E-state index contributed by atoms with van der Waals surface area (Å²) < 4.78 is 5.36. The zero-order chi connectivity index (χ0) is 17.5. The Bertz CT molecular complexity index is 599. The van der Waals surface area contributed by atoms with Crippen molar-refractivity contribution in [2.45, 2.75) is 38.3 Å². The Balaban J connectivity index is 1.46. The number of aliphatic imine (C=N–C) groups is 1. The molecule has 1 aromatic rings. The first kappa shape index (κ1) is 17.8. The second-order valence-corrected chi connectivity index (χ2v) is 6.85. The van der Waals surface area contributed by atoms with Crippen molar-refractivity contribution in [1.29, 1.82) is 0 Å². The predicted octanol–water partition coefficient (Wildman–Crippen LogP) is 2.56. The first-order chi connectivity index (χ1) is 12.3. The SMILES string of the molecule is CN=C(NCCC1=CCOCC1)N[C@H]1C[C@H](C)N(c2ccccc2)C1. The molecule has 0 aliphatic carbocycles. The second kappa shape index (κ2) is 8.90. The zero-order valence-electron chi connectivity index (χ0n) is 15.4. The maximum Gasteiger partial charge on any atom is 0.191 e. The van der Waals surface area contributed by atoms with Crippen LogP contribution in [0.5, 0.6) is 0 Å². The number of rotatable bonds is 5. The van der Waals surface area contributed by atoms with Crippen molar-refractivity contribution in [2.24, 2.45) is 4.99 Å². The summed E-state index contributed by atoms with van der Waals surface area (Å²) in [6.07, 6.45) is 5.44. The molecule has 0 saturated carbocycles. The molecule has 0 spiro atoms. The second-order valence-electron chi connectivity index (χ2n) is 6.85. The molecule has 0 radical (unpaired) electrons. The summed E-state index contributed by atoms with van der Waals surface area (Å²) in [5, 5.41) is 7.04. The molecule has 1 fully saturated rings. The Kier molecular flexibility index (Phi) is 6.34. The van der Waals surface area contributed by atoms with E-state index in [1.807, 2.05) is 7.05 Å². The quantitative estimate of drug-likeness (QED) is 0.490. The van der Waals surface area contributed by atoms with Gasteiger partial charge in [-0.1, -0.05) is 29.8 Å². The van der Waals surface area contributed by atoms with E-state index in [4.69, 9.17) is 4.74 Å². The lowest BCUT2D eigenvalue weighted by Crippen LogP contribution is -2.45. The Morgan fingerprint density at radius 1 is 1.32 bits per heavy atom. The molecule has 0 aromatic heterocycles. The third-order valence-corrected chi connectivity index (χ3v) is 5.02. The number of benzene rings is 1. The van der Waals surface area contributed by atoms with Gasteiger partial charge in [-0.15, -0.1) is 0 Å². The van der Waals surface area contributed by atoms with Crippen LogP contribution in [0, 0.1) is 0 Å². The Morgan fingerprint density at radius 2 is 2.16 bits per heavy atom. The first-order valence-electron chi connectivity index (χ1n) is 9.31. The topological polar surface area (TPSA) is 48.9 Å². The number of hydrogen-bond donors (Lipinski definition) is 2. The van der Waals surface area contributed by atoms with Crippen LogP contribution < -0.4 is 15.5 Å². The fourth-order valence-electron chi connectivity index (χ4n) is 3.64. The lowest BCUT2D eigenvalue weighted by atomic mass is 10.1. The highest BCUT2D eigenvalue weighted by Crippen LogP contribution is 2.25. The molecule has 0 bridgehead atoms. The van der Waals surface area contributed by atoms with Gasteiger partial charge in [-0.25, -0.2) is 0 Å². The van der Waals surface area contributed by atoms with E-state index in [1.54, 1.807) is 0 Å². The normalized spacial score (nSPS) is 24.2. The van der Waals surface area contributed by atoms with Crippen molar-refractivity contribution in [2.75, 3.05) is 38.3 Å². The van der Waals surface area contributed by atoms with Gasteiger partial charge in [0.15, 0.2) is 5.96 Å². The smallest absolute Gasteiger partial charge is 0.191 e. The summed E-state index contributed by atoms with van der Waals surface area (Å²) in [5.74, 6) is 0.903. The molecule has 2 aliphatic rings. The molecule has 5 nitrogen and oxygen atoms in total. The highest BCUT2D eigenvalue weighted by Gasteiger charge is 2.29. The molecule has 2 heterocycles. The van der Waals surface area contributed by atoms with E-state index < -0.39 is 0 Å². The van der Waals surface area contributed by atoms with Crippen LogP contribution in [0.25, 0.3) is 0 Å². The standard InChI is InChI=1S/C20H30N4O/c1-16-14-18(15-24(16)19-6-4-3-5-7-19)23-20(21-2)22-11-8-17-9-12-25-13-10-17/h3-7,9,16,18H,8,10-15H2,1-2H3,(H2,21,22,23)/t16-,18-/m0/s1. The van der Waals surface area contributed by atoms with Crippen molar-refractivity contribution in [3.8, 4) is 0 Å². The molecular formula is C20H30N4O. The number of para-hydroxylation sites is 1. The average Bonchev–Trinajstić information content (AvgIpc) is 3.02. The van der Waals surface area contributed by atoms with Gasteiger partial charge >= 0.3 is 0 Å². The predicted molar refractivity (Wildman–Crippen MR) is 104 cm³/mol. The van der Waals surface area contributed by atoms with E-state index in [0.29, 0.717) is 12.1 Å². The van der Waals surface area contributed by atoms with Gasteiger partial charge in [0.25, 0.3) is 0 Å². The molecule has 2 N–H and O–H groups in total. The van der Waals surface area contributed by atoms with E-state index in [0.717, 1.165) is 51.5 Å². The number of hydrogen-bond acceptors (Lipinski definition) is 3. The van der Waals surface area contributed by atoms with Gasteiger partial charge < -0.3 is 20.3 Å². The molecule has 25 heavy (non-hydrogen) atoms. The van der Waals surface area contributed by atoms with Crippen LogP contribution in [0.15, 0.2) is 47.0 Å². The van der Waals surface area contributed by atoms with Gasteiger partial charge in [-0.3, -0.25) is 4.99 Å². The largest absolute Gasteiger partial charge is 0.377 e. The van der Waals surface area contributed by atoms with Gasteiger partial charge in [-0.2, -0.15) is 0 Å². The maximum absolute atomic E-state index is 5.36. The third kappa shape index (κ3) is 4.98. The van der Waals surface area contributed by atoms with Crippen LogP contribution >= 0.6 is 0 Å². The minimum absolute atomic E-state index is 0.420. The van der Waals surface area contributed by atoms with E-state index in [2.05, 4.69) is 63.9 Å². The summed E-state index contributed by atoms with van der Waals surface area (Å²) in [4.78, 5) is 6.86. The highest BCUT2D eigenvalue weighted by molar-refractivity contribution is 5.80. The van der Waals surface area contributed by atoms with E-state index in [1.165, 1.54) is 11.3 Å². The number of ether oxygens (including phenoxy) is 1. The molecule has 3 rings (SSSR count). The zero-order valence-corrected chi connectivity index (χ0v) is 15.4. The number of nitrogens with zero attached hydrogens (tertiary/aromatic N) is 2. The lowest BCUT2D eigenvalue weighted by Gasteiger charge is -2.23. The summed E-state index contributed by atoms with van der Waals surface area (Å²) in [7, 11) is 1.84. The Morgan fingerprint density at radius 3 is 2.88 bits per heavy atom. The molecule has 136 valence electrons. The summed E-state index contributed by atoms with van der Waals surface area (Å²) in [6.45, 7) is 5.83. The fraction of sp³-hybridized carbons (Fsp3) is 0.550. The molecule has 2 aliphatic heterocycles. The van der Waals surface area contributed by atoms with Crippen LogP contribution in [0.4, 0.5) is 5.69 Å². The summed E-state index contributed by atoms with van der Waals surface area (Å²) >= 11 is 0. The number of anilines is 1. The van der Waals surface area contributed by atoms with Gasteiger partial charge in [0.1, 0.15) is 0 Å².